The molecule has 0 spiro atoms. The van der Waals surface area contributed by atoms with Crippen LogP contribution in [0.15, 0.2) is 18.2 Å². The van der Waals surface area contributed by atoms with E-state index in [0.717, 1.165) is 18.9 Å². The van der Waals surface area contributed by atoms with Crippen LogP contribution in [0, 0.1) is 5.82 Å². The largest absolute Gasteiger partial charge is 0.480 e. The molecule has 114 valence electrons. The van der Waals surface area contributed by atoms with Gasteiger partial charge in [0.1, 0.15) is 11.4 Å². The smallest absolute Gasteiger partial charge is 0.329 e. The third kappa shape index (κ3) is 3.10. The number of aliphatic carboxylic acids is 1. The quantitative estimate of drug-likeness (QED) is 0.879. The van der Waals surface area contributed by atoms with Gasteiger partial charge in [-0.15, -0.1) is 0 Å². The summed E-state index contributed by atoms with van der Waals surface area (Å²) in [7, 11) is 0. The van der Waals surface area contributed by atoms with Crippen molar-refractivity contribution in [2.24, 2.45) is 0 Å². The van der Waals surface area contributed by atoms with E-state index in [1.165, 1.54) is 24.0 Å². The second-order valence-corrected chi connectivity index (χ2v) is 5.65. The Morgan fingerprint density at radius 3 is 2.76 bits per heavy atom. The van der Waals surface area contributed by atoms with E-state index in [9.17, 15) is 19.1 Å². The van der Waals surface area contributed by atoms with Gasteiger partial charge in [-0.05, 0) is 44.4 Å². The van der Waals surface area contributed by atoms with Gasteiger partial charge in [-0.3, -0.25) is 0 Å². The number of carboxylic acids is 1. The first kappa shape index (κ1) is 15.6. The van der Waals surface area contributed by atoms with Gasteiger partial charge in [0.2, 0.25) is 0 Å². The number of urea groups is 1. The number of benzene rings is 1. The molecule has 7 heteroatoms. The fraction of sp³-hybridized carbons (Fsp3) is 0.429. The lowest BCUT2D eigenvalue weighted by Crippen LogP contribution is -2.58. The van der Waals surface area contributed by atoms with Crippen molar-refractivity contribution in [1.29, 1.82) is 0 Å². The first-order valence-corrected chi connectivity index (χ1v) is 6.99. The van der Waals surface area contributed by atoms with Gasteiger partial charge >= 0.3 is 12.0 Å². The molecule has 1 fully saturated rings. The lowest BCUT2D eigenvalue weighted by atomic mass is 9.89. The van der Waals surface area contributed by atoms with Crippen molar-refractivity contribution in [2.45, 2.75) is 31.7 Å². The Bertz CT molecular complexity index is 581. The highest BCUT2D eigenvalue weighted by molar-refractivity contribution is 6.31. The highest BCUT2D eigenvalue weighted by Gasteiger charge is 2.44. The van der Waals surface area contributed by atoms with Crippen molar-refractivity contribution in [2.75, 3.05) is 11.9 Å². The van der Waals surface area contributed by atoms with Crippen molar-refractivity contribution in [1.82, 2.24) is 4.90 Å². The summed E-state index contributed by atoms with van der Waals surface area (Å²) in [6.07, 6.45) is 1.91. The van der Waals surface area contributed by atoms with E-state index < -0.39 is 23.4 Å². The molecule has 0 radical (unpaired) electrons. The first-order chi connectivity index (χ1) is 9.84. The fourth-order valence-electron chi connectivity index (χ4n) is 2.43. The minimum atomic E-state index is -1.23. The van der Waals surface area contributed by atoms with Crippen LogP contribution in [-0.4, -0.2) is 34.1 Å². The van der Waals surface area contributed by atoms with E-state index in [2.05, 4.69) is 5.32 Å². The minimum absolute atomic E-state index is 0.104. The van der Waals surface area contributed by atoms with Gasteiger partial charge < -0.3 is 15.3 Å². The Hall–Kier alpha value is -1.82. The average Bonchev–Trinajstić information content (AvgIpc) is 2.43. The zero-order chi connectivity index (χ0) is 15.6. The molecule has 0 bridgehead atoms. The number of carbonyl (C=O) groups is 2. The Labute approximate surface area is 126 Å². The Morgan fingerprint density at radius 1 is 1.43 bits per heavy atom. The minimum Gasteiger partial charge on any atom is -0.480 e. The lowest BCUT2D eigenvalue weighted by Gasteiger charge is -2.41. The summed E-state index contributed by atoms with van der Waals surface area (Å²) in [5.41, 5.74) is -0.906. The van der Waals surface area contributed by atoms with Crippen LogP contribution < -0.4 is 5.32 Å². The van der Waals surface area contributed by atoms with Crippen molar-refractivity contribution in [3.05, 3.63) is 29.0 Å². The Balaban J connectivity index is 2.18. The van der Waals surface area contributed by atoms with Crippen molar-refractivity contribution in [3.8, 4) is 0 Å². The predicted octanol–water partition coefficient (Wildman–Crippen LogP) is 3.34. The topological polar surface area (TPSA) is 69.6 Å². The van der Waals surface area contributed by atoms with Crippen LogP contribution in [0.5, 0.6) is 0 Å². The molecule has 1 aliphatic heterocycles. The first-order valence-electron chi connectivity index (χ1n) is 6.61. The molecule has 1 saturated heterocycles. The molecule has 1 aliphatic rings. The summed E-state index contributed by atoms with van der Waals surface area (Å²) in [4.78, 5) is 25.0. The van der Waals surface area contributed by atoms with E-state index >= 15 is 0 Å². The predicted molar refractivity (Wildman–Crippen MR) is 77.0 cm³/mol. The number of halogens is 2. The van der Waals surface area contributed by atoms with Gasteiger partial charge in [0.15, 0.2) is 0 Å². The highest BCUT2D eigenvalue weighted by atomic mass is 35.5. The summed E-state index contributed by atoms with van der Waals surface area (Å²) in [5.74, 6) is -1.61. The molecule has 21 heavy (non-hydrogen) atoms. The number of hydrogen-bond acceptors (Lipinski definition) is 2. The van der Waals surface area contributed by atoms with Gasteiger partial charge in [-0.25, -0.2) is 14.0 Å². The number of carboxylic acid groups (broad SMARTS) is 1. The summed E-state index contributed by atoms with van der Waals surface area (Å²) < 4.78 is 13.1. The molecule has 5 nitrogen and oxygen atoms in total. The molecule has 2 N–H and O–H groups in total. The molecule has 0 aromatic heterocycles. The maximum absolute atomic E-state index is 13.1. The van der Waals surface area contributed by atoms with E-state index in [1.807, 2.05) is 0 Å². The maximum Gasteiger partial charge on any atom is 0.329 e. The summed E-state index contributed by atoms with van der Waals surface area (Å²) in [6.45, 7) is 1.90. The van der Waals surface area contributed by atoms with Crippen LogP contribution in [0.4, 0.5) is 14.9 Å². The van der Waals surface area contributed by atoms with E-state index in [4.69, 9.17) is 11.6 Å². The van der Waals surface area contributed by atoms with Crippen LogP contribution in [-0.2, 0) is 4.79 Å². The summed E-state index contributed by atoms with van der Waals surface area (Å²) >= 11 is 5.66. The number of carbonyl (C=O) groups excluding carboxylic acids is 1. The molecule has 2 rings (SSSR count). The Kier molecular flexibility index (Phi) is 4.37. The number of nitrogens with zero attached hydrogens (tertiary/aromatic N) is 1. The average molecular weight is 315 g/mol. The van der Waals surface area contributed by atoms with E-state index in [-0.39, 0.29) is 5.02 Å². The lowest BCUT2D eigenvalue weighted by molar-refractivity contribution is -0.150. The molecule has 2 amide bonds. The molecular weight excluding hydrogens is 299 g/mol. The van der Waals surface area contributed by atoms with Crippen LogP contribution >= 0.6 is 11.6 Å². The van der Waals surface area contributed by atoms with E-state index in [1.54, 1.807) is 0 Å². The monoisotopic (exact) mass is 314 g/mol. The second-order valence-electron chi connectivity index (χ2n) is 5.25. The van der Waals surface area contributed by atoms with Crippen molar-refractivity contribution in [3.63, 3.8) is 0 Å². The summed E-state index contributed by atoms with van der Waals surface area (Å²) in [5, 5.41) is 11.8. The molecular formula is C14H16ClFN2O3. The maximum atomic E-state index is 13.1. The number of amides is 2. The number of likely N-dealkylation sites (tertiary alicyclic amines) is 1. The van der Waals surface area contributed by atoms with Crippen LogP contribution in [0.25, 0.3) is 0 Å². The molecule has 0 saturated carbocycles. The second kappa shape index (κ2) is 5.89. The molecule has 1 heterocycles. The molecule has 1 aromatic carbocycles. The highest BCUT2D eigenvalue weighted by Crippen LogP contribution is 2.29. The van der Waals surface area contributed by atoms with Gasteiger partial charge in [0.25, 0.3) is 0 Å². The SMILES string of the molecule is CC1(C(=O)O)CCCCN1C(=O)Nc1ccc(F)c(Cl)c1. The number of rotatable bonds is 2. The molecule has 0 aliphatic carbocycles. The van der Waals surface area contributed by atoms with Gasteiger partial charge in [-0.1, -0.05) is 11.6 Å². The molecule has 1 unspecified atom stereocenters. The van der Waals surface area contributed by atoms with Gasteiger partial charge in [0.05, 0.1) is 5.02 Å². The zero-order valence-electron chi connectivity index (χ0n) is 11.5. The zero-order valence-corrected chi connectivity index (χ0v) is 12.3. The van der Waals surface area contributed by atoms with Crippen molar-refractivity contribution < 1.29 is 19.1 Å². The number of piperidine rings is 1. The molecule has 1 aromatic rings. The van der Waals surface area contributed by atoms with E-state index in [0.29, 0.717) is 18.7 Å². The number of nitrogens with one attached hydrogen (secondary N) is 1. The molecule has 1 atom stereocenters. The third-order valence-electron chi connectivity index (χ3n) is 3.77. The summed E-state index contributed by atoms with van der Waals surface area (Å²) in [6, 6.07) is 3.28. The van der Waals surface area contributed by atoms with Gasteiger partial charge in [0, 0.05) is 12.2 Å². The number of anilines is 1. The fourth-order valence-corrected chi connectivity index (χ4v) is 2.61. The van der Waals surface area contributed by atoms with Crippen LogP contribution in [0.3, 0.4) is 0 Å². The normalized spacial score (nSPS) is 22.0. The standard InChI is InChI=1S/C14H16ClFN2O3/c1-14(12(19)20)6-2-3-7-18(14)13(21)17-9-4-5-11(16)10(15)8-9/h4-5,8H,2-3,6-7H2,1H3,(H,17,21)(H,19,20). The van der Waals surface area contributed by atoms with Crippen molar-refractivity contribution >= 4 is 29.3 Å². The number of hydrogen-bond donors (Lipinski definition) is 2. The Morgan fingerprint density at radius 2 is 2.14 bits per heavy atom. The van der Waals surface area contributed by atoms with Gasteiger partial charge in [-0.2, -0.15) is 0 Å². The third-order valence-corrected chi connectivity index (χ3v) is 4.06. The van der Waals surface area contributed by atoms with Crippen LogP contribution in [0.1, 0.15) is 26.2 Å². The van der Waals surface area contributed by atoms with Crippen LogP contribution in [0.2, 0.25) is 5.02 Å².